The summed E-state index contributed by atoms with van der Waals surface area (Å²) >= 11 is 0. The second-order valence-corrected chi connectivity index (χ2v) is 3.12. The maximum Gasteiger partial charge on any atom is 0.125 e. The van der Waals surface area contributed by atoms with Crippen LogP contribution < -0.4 is 10.6 Å². The highest BCUT2D eigenvalue weighted by atomic mass is 19.1. The molecule has 0 saturated carbocycles. The van der Waals surface area contributed by atoms with E-state index >= 15 is 0 Å². The van der Waals surface area contributed by atoms with Crippen LogP contribution in [-0.4, -0.2) is 27.3 Å². The molecular formula is C10H15FN2O. The third kappa shape index (κ3) is 2.60. The number of rotatable bonds is 4. The minimum atomic E-state index is -0.279. The monoisotopic (exact) mass is 198 g/mol. The molecule has 0 aliphatic carbocycles. The van der Waals surface area contributed by atoms with Gasteiger partial charge in [0.25, 0.3) is 0 Å². The molecule has 0 unspecified atom stereocenters. The van der Waals surface area contributed by atoms with Gasteiger partial charge in [0.05, 0.1) is 18.0 Å². The van der Waals surface area contributed by atoms with Gasteiger partial charge in [0.2, 0.25) is 0 Å². The smallest absolute Gasteiger partial charge is 0.125 e. The van der Waals surface area contributed by atoms with E-state index in [0.29, 0.717) is 24.5 Å². The van der Waals surface area contributed by atoms with Crippen LogP contribution in [0.4, 0.5) is 15.8 Å². The van der Waals surface area contributed by atoms with Crippen molar-refractivity contribution in [1.29, 1.82) is 0 Å². The highest BCUT2D eigenvalue weighted by Crippen LogP contribution is 2.22. The Labute approximate surface area is 83.3 Å². The first-order valence-corrected chi connectivity index (χ1v) is 4.40. The maximum atomic E-state index is 12.9. The Bertz CT molecular complexity index is 304. The summed E-state index contributed by atoms with van der Waals surface area (Å²) in [7, 11) is 3.48. The summed E-state index contributed by atoms with van der Waals surface area (Å²) in [5.41, 5.74) is 6.98. The Balaban J connectivity index is 2.77. The highest BCUT2D eigenvalue weighted by molar-refractivity contribution is 5.67. The van der Waals surface area contributed by atoms with Crippen molar-refractivity contribution < 1.29 is 9.13 Å². The lowest BCUT2D eigenvalue weighted by atomic mass is 10.2. The molecule has 0 spiro atoms. The van der Waals surface area contributed by atoms with E-state index in [1.807, 2.05) is 11.9 Å². The Morgan fingerprint density at radius 3 is 2.86 bits per heavy atom. The van der Waals surface area contributed by atoms with Gasteiger partial charge in [-0.25, -0.2) is 4.39 Å². The first-order valence-electron chi connectivity index (χ1n) is 4.40. The van der Waals surface area contributed by atoms with Gasteiger partial charge in [0, 0.05) is 20.7 Å². The third-order valence-corrected chi connectivity index (χ3v) is 2.03. The second kappa shape index (κ2) is 4.81. The fraction of sp³-hybridized carbons (Fsp3) is 0.400. The van der Waals surface area contributed by atoms with Crippen molar-refractivity contribution in [2.24, 2.45) is 0 Å². The van der Waals surface area contributed by atoms with Crippen LogP contribution in [0, 0.1) is 5.82 Å². The second-order valence-electron chi connectivity index (χ2n) is 3.12. The number of ether oxygens (including phenoxy) is 1. The molecule has 1 aromatic rings. The third-order valence-electron chi connectivity index (χ3n) is 2.03. The zero-order chi connectivity index (χ0) is 10.6. The van der Waals surface area contributed by atoms with Crippen molar-refractivity contribution in [3.63, 3.8) is 0 Å². The molecule has 1 rings (SSSR count). The van der Waals surface area contributed by atoms with Crippen molar-refractivity contribution in [2.45, 2.75) is 0 Å². The number of nitrogen functional groups attached to an aromatic ring is 1. The molecule has 14 heavy (non-hydrogen) atoms. The predicted molar refractivity (Wildman–Crippen MR) is 56.0 cm³/mol. The summed E-state index contributed by atoms with van der Waals surface area (Å²) in [4.78, 5) is 1.86. The topological polar surface area (TPSA) is 38.5 Å². The lowest BCUT2D eigenvalue weighted by Gasteiger charge is -2.20. The molecule has 0 saturated heterocycles. The molecule has 0 fully saturated rings. The van der Waals surface area contributed by atoms with Crippen LogP contribution in [0.15, 0.2) is 18.2 Å². The van der Waals surface area contributed by atoms with E-state index in [0.717, 1.165) is 0 Å². The van der Waals surface area contributed by atoms with E-state index in [1.165, 1.54) is 12.1 Å². The van der Waals surface area contributed by atoms with Gasteiger partial charge in [-0.3, -0.25) is 0 Å². The molecule has 0 aliphatic rings. The van der Waals surface area contributed by atoms with E-state index in [4.69, 9.17) is 10.5 Å². The van der Waals surface area contributed by atoms with Crippen molar-refractivity contribution in [3.8, 4) is 0 Å². The first kappa shape index (κ1) is 10.8. The van der Waals surface area contributed by atoms with Crippen molar-refractivity contribution in [2.75, 3.05) is 37.9 Å². The van der Waals surface area contributed by atoms with Crippen LogP contribution in [0.1, 0.15) is 0 Å². The molecule has 0 atom stereocenters. The Morgan fingerprint density at radius 2 is 2.21 bits per heavy atom. The Morgan fingerprint density at radius 1 is 1.50 bits per heavy atom. The van der Waals surface area contributed by atoms with Crippen LogP contribution in [0.3, 0.4) is 0 Å². The minimum Gasteiger partial charge on any atom is -0.397 e. The molecule has 1 aromatic carbocycles. The van der Waals surface area contributed by atoms with Crippen LogP contribution in [0.25, 0.3) is 0 Å². The molecule has 0 aromatic heterocycles. The van der Waals surface area contributed by atoms with Gasteiger partial charge in [-0.2, -0.15) is 0 Å². The number of benzene rings is 1. The number of likely N-dealkylation sites (N-methyl/N-ethyl adjacent to an activating group) is 1. The number of halogens is 1. The minimum absolute atomic E-state index is 0.279. The van der Waals surface area contributed by atoms with Gasteiger partial charge < -0.3 is 15.4 Å². The Kier molecular flexibility index (Phi) is 3.71. The van der Waals surface area contributed by atoms with Crippen LogP contribution in [0.5, 0.6) is 0 Å². The summed E-state index contributed by atoms with van der Waals surface area (Å²) in [6, 6.07) is 4.34. The van der Waals surface area contributed by atoms with E-state index in [2.05, 4.69) is 0 Å². The molecule has 3 nitrogen and oxygen atoms in total. The van der Waals surface area contributed by atoms with Gasteiger partial charge in [-0.1, -0.05) is 0 Å². The number of nitrogens with two attached hydrogens (primary N) is 1. The van der Waals surface area contributed by atoms with Crippen molar-refractivity contribution in [3.05, 3.63) is 24.0 Å². The zero-order valence-corrected chi connectivity index (χ0v) is 8.46. The number of hydrogen-bond acceptors (Lipinski definition) is 3. The average Bonchev–Trinajstić information content (AvgIpc) is 2.18. The number of anilines is 2. The zero-order valence-electron chi connectivity index (χ0n) is 8.46. The van der Waals surface area contributed by atoms with Gasteiger partial charge >= 0.3 is 0 Å². The number of methoxy groups -OCH3 is 1. The summed E-state index contributed by atoms with van der Waals surface area (Å²) < 4.78 is 17.8. The summed E-state index contributed by atoms with van der Waals surface area (Å²) in [5, 5.41) is 0. The largest absolute Gasteiger partial charge is 0.397 e. The lowest BCUT2D eigenvalue weighted by molar-refractivity contribution is 0.206. The predicted octanol–water partition coefficient (Wildman–Crippen LogP) is 1.49. The molecule has 0 aliphatic heterocycles. The molecule has 78 valence electrons. The summed E-state index contributed by atoms with van der Waals surface area (Å²) in [5.74, 6) is -0.279. The van der Waals surface area contributed by atoms with Crippen molar-refractivity contribution >= 4 is 11.4 Å². The van der Waals surface area contributed by atoms with Crippen LogP contribution >= 0.6 is 0 Å². The lowest BCUT2D eigenvalue weighted by Crippen LogP contribution is -2.23. The summed E-state index contributed by atoms with van der Waals surface area (Å²) in [6.45, 7) is 1.27. The van der Waals surface area contributed by atoms with E-state index < -0.39 is 0 Å². The average molecular weight is 198 g/mol. The molecule has 0 heterocycles. The maximum absolute atomic E-state index is 12.9. The van der Waals surface area contributed by atoms with Crippen LogP contribution in [0.2, 0.25) is 0 Å². The normalized spacial score (nSPS) is 10.2. The molecule has 0 radical (unpaired) electrons. The first-order chi connectivity index (χ1) is 6.65. The number of nitrogens with zero attached hydrogens (tertiary/aromatic N) is 1. The molecule has 0 bridgehead atoms. The van der Waals surface area contributed by atoms with Gasteiger partial charge in [0.1, 0.15) is 5.82 Å². The van der Waals surface area contributed by atoms with E-state index in [1.54, 1.807) is 13.2 Å². The fourth-order valence-corrected chi connectivity index (χ4v) is 1.20. The standard InChI is InChI=1S/C10H15FN2O/c1-13(5-6-14-2)10-7-8(11)3-4-9(10)12/h3-4,7H,5-6,12H2,1-2H3. The van der Waals surface area contributed by atoms with Gasteiger partial charge in [-0.15, -0.1) is 0 Å². The molecule has 4 heteroatoms. The summed E-state index contributed by atoms with van der Waals surface area (Å²) in [6.07, 6.45) is 0. The Hall–Kier alpha value is -1.29. The number of hydrogen-bond donors (Lipinski definition) is 1. The SMILES string of the molecule is COCCN(C)c1cc(F)ccc1N. The van der Waals surface area contributed by atoms with Gasteiger partial charge in [0.15, 0.2) is 0 Å². The van der Waals surface area contributed by atoms with Crippen LogP contribution in [-0.2, 0) is 4.74 Å². The van der Waals surface area contributed by atoms with Crippen molar-refractivity contribution in [1.82, 2.24) is 0 Å². The quantitative estimate of drug-likeness (QED) is 0.745. The molecule has 0 amide bonds. The van der Waals surface area contributed by atoms with E-state index in [-0.39, 0.29) is 5.82 Å². The van der Waals surface area contributed by atoms with Gasteiger partial charge in [-0.05, 0) is 18.2 Å². The van der Waals surface area contributed by atoms with E-state index in [9.17, 15) is 4.39 Å². The fourth-order valence-electron chi connectivity index (χ4n) is 1.20. The molecule has 2 N–H and O–H groups in total. The highest BCUT2D eigenvalue weighted by Gasteiger charge is 2.05. The molecular weight excluding hydrogens is 183 g/mol.